The fourth-order valence-electron chi connectivity index (χ4n) is 1.84. The number of rotatable bonds is 6. The highest BCUT2D eigenvalue weighted by atomic mass is 19.1. The number of nitrogens with one attached hydrogen (secondary N) is 1. The van der Waals surface area contributed by atoms with Crippen molar-refractivity contribution >= 4 is 17.4 Å². The molecule has 0 aliphatic heterocycles. The maximum absolute atomic E-state index is 13.8. The van der Waals surface area contributed by atoms with E-state index in [1.54, 1.807) is 0 Å². The lowest BCUT2D eigenvalue weighted by Gasteiger charge is -2.11. The van der Waals surface area contributed by atoms with E-state index in [0.717, 1.165) is 6.07 Å². The van der Waals surface area contributed by atoms with Crippen LogP contribution in [0.3, 0.4) is 0 Å². The van der Waals surface area contributed by atoms with E-state index in [0.29, 0.717) is 18.4 Å². The highest BCUT2D eigenvalue weighted by molar-refractivity contribution is 5.92. The second kappa shape index (κ2) is 7.53. The molecule has 3 N–H and O–H groups in total. The molecule has 1 amide bonds. The van der Waals surface area contributed by atoms with Gasteiger partial charge in [-0.3, -0.25) is 4.79 Å². The smallest absolute Gasteiger partial charge is 0.252 e. The van der Waals surface area contributed by atoms with Gasteiger partial charge in [-0.1, -0.05) is 19.1 Å². The summed E-state index contributed by atoms with van der Waals surface area (Å²) in [6.45, 7) is 1.87. The van der Waals surface area contributed by atoms with Crippen LogP contribution in [0.4, 0.5) is 20.3 Å². The molecule has 122 valence electrons. The Labute approximate surface area is 132 Å². The molecule has 1 heterocycles. The van der Waals surface area contributed by atoms with Gasteiger partial charge < -0.3 is 15.8 Å². The molecule has 0 atom stereocenters. The number of nitrogen functional groups attached to an aromatic ring is 1. The molecule has 2 rings (SSSR count). The molecular formula is C16H17F2N3O2. The summed E-state index contributed by atoms with van der Waals surface area (Å²) in [7, 11) is 0. The number of hydrogen-bond donors (Lipinski definition) is 2. The van der Waals surface area contributed by atoms with E-state index in [1.807, 2.05) is 6.92 Å². The van der Waals surface area contributed by atoms with E-state index in [2.05, 4.69) is 10.3 Å². The monoisotopic (exact) mass is 321 g/mol. The Morgan fingerprint density at radius 1 is 1.30 bits per heavy atom. The molecule has 0 fully saturated rings. The molecule has 0 radical (unpaired) electrons. The molecule has 0 saturated heterocycles. The van der Waals surface area contributed by atoms with Gasteiger partial charge >= 0.3 is 0 Å². The molecule has 1 aromatic heterocycles. The van der Waals surface area contributed by atoms with Crippen molar-refractivity contribution in [1.29, 1.82) is 0 Å². The van der Waals surface area contributed by atoms with Crippen molar-refractivity contribution in [3.63, 3.8) is 0 Å². The van der Waals surface area contributed by atoms with Gasteiger partial charge in [0.05, 0.1) is 5.69 Å². The largest absolute Gasteiger partial charge is 0.471 e. The number of benzene rings is 1. The van der Waals surface area contributed by atoms with Crippen LogP contribution in [0, 0.1) is 11.6 Å². The molecular weight excluding hydrogens is 304 g/mol. The number of ether oxygens (including phenoxy) is 1. The van der Waals surface area contributed by atoms with Gasteiger partial charge in [-0.25, -0.2) is 8.78 Å². The zero-order valence-corrected chi connectivity index (χ0v) is 12.6. The van der Waals surface area contributed by atoms with Gasteiger partial charge in [0.2, 0.25) is 5.91 Å². The zero-order valence-electron chi connectivity index (χ0n) is 12.6. The SMILES string of the molecule is CCCC(=O)Nc1nc(OCc2ccc(F)cc2)c(F)cc1N. The van der Waals surface area contributed by atoms with E-state index in [4.69, 9.17) is 10.5 Å². The summed E-state index contributed by atoms with van der Waals surface area (Å²) < 4.78 is 32.0. The topological polar surface area (TPSA) is 77.2 Å². The predicted molar refractivity (Wildman–Crippen MR) is 82.9 cm³/mol. The van der Waals surface area contributed by atoms with Crippen LogP contribution in [0.2, 0.25) is 0 Å². The standard InChI is InChI=1S/C16H17F2N3O2/c1-2-3-14(22)20-15-13(19)8-12(18)16(21-15)23-9-10-4-6-11(17)7-5-10/h4-8H,2-3,9,19H2,1H3,(H,20,21,22). The van der Waals surface area contributed by atoms with E-state index in [9.17, 15) is 13.6 Å². The summed E-state index contributed by atoms with van der Waals surface area (Å²) in [6, 6.07) is 6.64. The molecule has 1 aromatic carbocycles. The Hall–Kier alpha value is -2.70. The van der Waals surface area contributed by atoms with Crippen LogP contribution < -0.4 is 15.8 Å². The first-order valence-electron chi connectivity index (χ1n) is 7.12. The minimum atomic E-state index is -0.738. The number of carbonyl (C=O) groups excluding carboxylic acids is 1. The van der Waals surface area contributed by atoms with Crippen LogP contribution in [0.5, 0.6) is 5.88 Å². The molecule has 0 saturated carbocycles. The average molecular weight is 321 g/mol. The van der Waals surface area contributed by atoms with E-state index >= 15 is 0 Å². The lowest BCUT2D eigenvalue weighted by Crippen LogP contribution is -2.14. The van der Waals surface area contributed by atoms with Gasteiger partial charge in [-0.05, 0) is 24.1 Å². The molecule has 0 aliphatic carbocycles. The molecule has 0 spiro atoms. The zero-order chi connectivity index (χ0) is 16.8. The minimum Gasteiger partial charge on any atom is -0.471 e. The molecule has 0 unspecified atom stereocenters. The number of carbonyl (C=O) groups is 1. The van der Waals surface area contributed by atoms with Crippen molar-refractivity contribution in [1.82, 2.24) is 4.98 Å². The summed E-state index contributed by atoms with van der Waals surface area (Å²) in [4.78, 5) is 15.5. The molecule has 23 heavy (non-hydrogen) atoms. The first-order valence-corrected chi connectivity index (χ1v) is 7.12. The molecule has 7 heteroatoms. The van der Waals surface area contributed by atoms with Crippen molar-refractivity contribution in [2.45, 2.75) is 26.4 Å². The number of halogens is 2. The number of nitrogens with two attached hydrogens (primary N) is 1. The maximum atomic E-state index is 13.8. The van der Waals surface area contributed by atoms with Crippen LogP contribution in [0.1, 0.15) is 25.3 Å². The lowest BCUT2D eigenvalue weighted by atomic mass is 10.2. The van der Waals surface area contributed by atoms with Gasteiger partial charge in [0.15, 0.2) is 11.6 Å². The van der Waals surface area contributed by atoms with Crippen molar-refractivity contribution < 1.29 is 18.3 Å². The summed E-state index contributed by atoms with van der Waals surface area (Å²) >= 11 is 0. The molecule has 0 bridgehead atoms. The summed E-state index contributed by atoms with van der Waals surface area (Å²) in [5, 5.41) is 2.51. The van der Waals surface area contributed by atoms with Crippen molar-refractivity contribution in [2.24, 2.45) is 0 Å². The number of nitrogens with zero attached hydrogens (tertiary/aromatic N) is 1. The van der Waals surface area contributed by atoms with Crippen LogP contribution in [-0.2, 0) is 11.4 Å². The average Bonchev–Trinajstić information content (AvgIpc) is 2.50. The van der Waals surface area contributed by atoms with Gasteiger partial charge in [0, 0.05) is 12.5 Å². The van der Waals surface area contributed by atoms with Gasteiger partial charge in [0.1, 0.15) is 12.4 Å². The predicted octanol–water partition coefficient (Wildman–Crippen LogP) is 3.26. The van der Waals surface area contributed by atoms with E-state index in [1.165, 1.54) is 24.3 Å². The maximum Gasteiger partial charge on any atom is 0.252 e. The lowest BCUT2D eigenvalue weighted by molar-refractivity contribution is -0.116. The highest BCUT2D eigenvalue weighted by Gasteiger charge is 2.13. The van der Waals surface area contributed by atoms with E-state index in [-0.39, 0.29) is 35.7 Å². The van der Waals surface area contributed by atoms with Crippen LogP contribution in [0.15, 0.2) is 30.3 Å². The fourth-order valence-corrected chi connectivity index (χ4v) is 1.84. The van der Waals surface area contributed by atoms with E-state index < -0.39 is 5.82 Å². The molecule has 5 nitrogen and oxygen atoms in total. The third-order valence-electron chi connectivity index (χ3n) is 3.00. The van der Waals surface area contributed by atoms with Gasteiger partial charge in [0.25, 0.3) is 5.88 Å². The summed E-state index contributed by atoms with van der Waals surface area (Å²) in [5.41, 5.74) is 6.31. The number of amides is 1. The quantitative estimate of drug-likeness (QED) is 0.856. The normalized spacial score (nSPS) is 10.4. The fraction of sp³-hybridized carbons (Fsp3) is 0.250. The summed E-state index contributed by atoms with van der Waals surface area (Å²) in [5.74, 6) is -1.60. The Morgan fingerprint density at radius 3 is 2.65 bits per heavy atom. The highest BCUT2D eigenvalue weighted by Crippen LogP contribution is 2.24. The van der Waals surface area contributed by atoms with Crippen LogP contribution >= 0.6 is 0 Å². The summed E-state index contributed by atoms with van der Waals surface area (Å²) in [6.07, 6.45) is 0.977. The minimum absolute atomic E-state index is 0.0104. The van der Waals surface area contributed by atoms with Crippen molar-refractivity contribution in [3.05, 3.63) is 47.5 Å². The second-order valence-corrected chi connectivity index (χ2v) is 4.93. The third kappa shape index (κ3) is 4.64. The Morgan fingerprint density at radius 2 is 2.00 bits per heavy atom. The van der Waals surface area contributed by atoms with Crippen LogP contribution in [0.25, 0.3) is 0 Å². The Balaban J connectivity index is 2.11. The third-order valence-corrected chi connectivity index (χ3v) is 3.00. The van der Waals surface area contributed by atoms with Crippen molar-refractivity contribution in [2.75, 3.05) is 11.1 Å². The molecule has 0 aliphatic rings. The molecule has 2 aromatic rings. The first kappa shape index (κ1) is 16.7. The first-order chi connectivity index (χ1) is 11.0. The van der Waals surface area contributed by atoms with Gasteiger partial charge in [-0.2, -0.15) is 4.98 Å². The van der Waals surface area contributed by atoms with Gasteiger partial charge in [-0.15, -0.1) is 0 Å². The Kier molecular flexibility index (Phi) is 5.46. The second-order valence-electron chi connectivity index (χ2n) is 4.93. The number of anilines is 2. The Bertz CT molecular complexity index is 690. The number of hydrogen-bond acceptors (Lipinski definition) is 4. The van der Waals surface area contributed by atoms with Crippen molar-refractivity contribution in [3.8, 4) is 5.88 Å². The van der Waals surface area contributed by atoms with Crippen LogP contribution in [-0.4, -0.2) is 10.9 Å². The number of pyridine rings is 1. The number of aromatic nitrogens is 1.